The van der Waals surface area contributed by atoms with Gasteiger partial charge in [0.25, 0.3) is 0 Å². The van der Waals surface area contributed by atoms with E-state index in [-0.39, 0.29) is 6.10 Å². The van der Waals surface area contributed by atoms with Crippen molar-refractivity contribution >= 4 is 11.6 Å². The number of halogens is 1. The summed E-state index contributed by atoms with van der Waals surface area (Å²) in [4.78, 5) is 0. The van der Waals surface area contributed by atoms with E-state index in [9.17, 15) is 0 Å². The number of hydrogen-bond acceptors (Lipinski definition) is 2. The minimum absolute atomic E-state index is 0.124. The SMILES string of the molecule is CCNCC(OC1CCC1)c1cccc(Cl)c1. The molecule has 1 N–H and O–H groups in total. The van der Waals surface area contributed by atoms with Gasteiger partial charge in [-0.2, -0.15) is 0 Å². The third-order valence-electron chi connectivity index (χ3n) is 3.21. The Balaban J connectivity index is 2.02. The van der Waals surface area contributed by atoms with E-state index in [0.29, 0.717) is 6.10 Å². The molecule has 0 aromatic heterocycles. The van der Waals surface area contributed by atoms with Crippen molar-refractivity contribution in [2.24, 2.45) is 0 Å². The van der Waals surface area contributed by atoms with Crippen LogP contribution in [0.1, 0.15) is 37.9 Å². The Morgan fingerprint density at radius 1 is 1.47 bits per heavy atom. The Kier molecular flexibility index (Phi) is 4.84. The molecule has 0 amide bonds. The number of ether oxygens (including phenoxy) is 1. The van der Waals surface area contributed by atoms with Crippen LogP contribution < -0.4 is 5.32 Å². The molecular weight excluding hydrogens is 234 g/mol. The molecule has 1 fully saturated rings. The fourth-order valence-electron chi connectivity index (χ4n) is 1.97. The van der Waals surface area contributed by atoms with E-state index in [4.69, 9.17) is 16.3 Å². The molecule has 0 radical (unpaired) electrons. The van der Waals surface area contributed by atoms with Crippen molar-refractivity contribution in [3.8, 4) is 0 Å². The van der Waals surface area contributed by atoms with Crippen molar-refractivity contribution in [3.05, 3.63) is 34.9 Å². The predicted octanol–water partition coefficient (Wildman–Crippen LogP) is 3.56. The molecule has 2 nitrogen and oxygen atoms in total. The molecule has 1 aliphatic carbocycles. The van der Waals surface area contributed by atoms with E-state index in [1.54, 1.807) is 0 Å². The minimum Gasteiger partial charge on any atom is -0.369 e. The Labute approximate surface area is 108 Å². The van der Waals surface area contributed by atoms with Crippen LogP contribution in [0.3, 0.4) is 0 Å². The number of likely N-dealkylation sites (N-methyl/N-ethyl adjacent to an activating group) is 1. The highest BCUT2D eigenvalue weighted by Crippen LogP contribution is 2.29. The van der Waals surface area contributed by atoms with Crippen LogP contribution in [0.2, 0.25) is 5.02 Å². The van der Waals surface area contributed by atoms with Crippen LogP contribution in [0.25, 0.3) is 0 Å². The molecule has 1 saturated carbocycles. The molecule has 1 aliphatic rings. The largest absolute Gasteiger partial charge is 0.369 e. The first-order chi connectivity index (χ1) is 8.29. The molecule has 0 heterocycles. The van der Waals surface area contributed by atoms with E-state index in [1.807, 2.05) is 18.2 Å². The molecule has 0 spiro atoms. The molecule has 1 aromatic carbocycles. The van der Waals surface area contributed by atoms with E-state index < -0.39 is 0 Å². The lowest BCUT2D eigenvalue weighted by Gasteiger charge is -2.31. The molecule has 0 bridgehead atoms. The topological polar surface area (TPSA) is 21.3 Å². The molecule has 1 unspecified atom stereocenters. The van der Waals surface area contributed by atoms with Crippen molar-refractivity contribution in [2.45, 2.75) is 38.4 Å². The van der Waals surface area contributed by atoms with Crippen LogP contribution in [-0.4, -0.2) is 19.2 Å². The molecular formula is C14H20ClNO. The van der Waals surface area contributed by atoms with Gasteiger partial charge in [0.1, 0.15) is 0 Å². The normalized spacial score (nSPS) is 17.8. The summed E-state index contributed by atoms with van der Waals surface area (Å²) in [6, 6.07) is 7.98. The predicted molar refractivity (Wildman–Crippen MR) is 71.5 cm³/mol. The first-order valence-corrected chi connectivity index (χ1v) is 6.79. The first-order valence-electron chi connectivity index (χ1n) is 6.41. The molecule has 1 atom stereocenters. The molecule has 0 saturated heterocycles. The summed E-state index contributed by atoms with van der Waals surface area (Å²) in [5, 5.41) is 4.13. The zero-order valence-corrected chi connectivity index (χ0v) is 11.0. The second-order valence-corrected chi connectivity index (χ2v) is 4.98. The number of nitrogens with one attached hydrogen (secondary N) is 1. The number of hydrogen-bond donors (Lipinski definition) is 1. The van der Waals surface area contributed by atoms with E-state index in [1.165, 1.54) is 24.8 Å². The molecule has 94 valence electrons. The lowest BCUT2D eigenvalue weighted by atomic mass is 9.95. The molecule has 17 heavy (non-hydrogen) atoms. The smallest absolute Gasteiger partial charge is 0.0953 e. The maximum absolute atomic E-state index is 6.11. The zero-order valence-electron chi connectivity index (χ0n) is 10.3. The monoisotopic (exact) mass is 253 g/mol. The van der Waals surface area contributed by atoms with Gasteiger partial charge in [-0.25, -0.2) is 0 Å². The number of rotatable bonds is 6. The van der Waals surface area contributed by atoms with Crippen molar-refractivity contribution in [1.82, 2.24) is 5.32 Å². The van der Waals surface area contributed by atoms with E-state index in [2.05, 4.69) is 18.3 Å². The number of benzene rings is 1. The molecule has 1 aromatic rings. The molecule has 0 aliphatic heterocycles. The van der Waals surface area contributed by atoms with Crippen molar-refractivity contribution in [2.75, 3.05) is 13.1 Å². The Bertz CT molecular complexity index is 352. The van der Waals surface area contributed by atoms with Gasteiger partial charge in [-0.15, -0.1) is 0 Å². The summed E-state index contributed by atoms with van der Waals surface area (Å²) in [6.07, 6.45) is 4.26. The maximum atomic E-state index is 6.11. The highest BCUT2D eigenvalue weighted by molar-refractivity contribution is 6.30. The fraction of sp³-hybridized carbons (Fsp3) is 0.571. The third-order valence-corrected chi connectivity index (χ3v) is 3.44. The standard InChI is InChI=1S/C14H20ClNO/c1-2-16-10-14(17-13-7-4-8-13)11-5-3-6-12(15)9-11/h3,5-6,9,13-14,16H,2,4,7-8,10H2,1H3. The highest BCUT2D eigenvalue weighted by Gasteiger charge is 2.23. The van der Waals surface area contributed by atoms with E-state index in [0.717, 1.165) is 18.1 Å². The summed E-state index contributed by atoms with van der Waals surface area (Å²) >= 11 is 6.03. The molecule has 2 rings (SSSR count). The highest BCUT2D eigenvalue weighted by atomic mass is 35.5. The Morgan fingerprint density at radius 3 is 2.88 bits per heavy atom. The van der Waals surface area contributed by atoms with Crippen molar-refractivity contribution < 1.29 is 4.74 Å². The van der Waals surface area contributed by atoms with E-state index >= 15 is 0 Å². The lowest BCUT2D eigenvalue weighted by Crippen LogP contribution is -2.30. The molecule has 3 heteroatoms. The van der Waals surface area contributed by atoms with Gasteiger partial charge in [-0.1, -0.05) is 30.7 Å². The summed E-state index contributed by atoms with van der Waals surface area (Å²) in [6.45, 7) is 3.93. The van der Waals surface area contributed by atoms with Gasteiger partial charge in [0.2, 0.25) is 0 Å². The van der Waals surface area contributed by atoms with Crippen LogP contribution in [0.5, 0.6) is 0 Å². The summed E-state index contributed by atoms with van der Waals surface area (Å²) < 4.78 is 6.11. The van der Waals surface area contributed by atoms with Gasteiger partial charge in [0.15, 0.2) is 0 Å². The van der Waals surface area contributed by atoms with Gasteiger partial charge in [0, 0.05) is 11.6 Å². The van der Waals surface area contributed by atoms with Crippen molar-refractivity contribution in [1.29, 1.82) is 0 Å². The van der Waals surface area contributed by atoms with Crippen LogP contribution in [-0.2, 0) is 4.74 Å². The summed E-state index contributed by atoms with van der Waals surface area (Å²) in [5.41, 5.74) is 1.17. The first kappa shape index (κ1) is 12.9. The summed E-state index contributed by atoms with van der Waals surface area (Å²) in [7, 11) is 0. The van der Waals surface area contributed by atoms with Gasteiger partial charge in [-0.05, 0) is 43.5 Å². The van der Waals surface area contributed by atoms with Crippen LogP contribution in [0.15, 0.2) is 24.3 Å². The maximum Gasteiger partial charge on any atom is 0.0953 e. The third kappa shape index (κ3) is 3.70. The Morgan fingerprint density at radius 2 is 2.29 bits per heavy atom. The van der Waals surface area contributed by atoms with Gasteiger partial charge in [-0.3, -0.25) is 0 Å². The van der Waals surface area contributed by atoms with Gasteiger partial charge >= 0.3 is 0 Å². The van der Waals surface area contributed by atoms with Crippen LogP contribution in [0.4, 0.5) is 0 Å². The quantitative estimate of drug-likeness (QED) is 0.837. The average Bonchev–Trinajstić information content (AvgIpc) is 2.27. The summed E-state index contributed by atoms with van der Waals surface area (Å²) in [5.74, 6) is 0. The van der Waals surface area contributed by atoms with Crippen molar-refractivity contribution in [3.63, 3.8) is 0 Å². The second kappa shape index (κ2) is 6.39. The second-order valence-electron chi connectivity index (χ2n) is 4.54. The van der Waals surface area contributed by atoms with Crippen LogP contribution >= 0.6 is 11.6 Å². The van der Waals surface area contributed by atoms with Gasteiger partial charge in [0.05, 0.1) is 12.2 Å². The average molecular weight is 254 g/mol. The van der Waals surface area contributed by atoms with Crippen LogP contribution in [0, 0.1) is 0 Å². The fourth-order valence-corrected chi connectivity index (χ4v) is 2.16. The lowest BCUT2D eigenvalue weighted by molar-refractivity contribution is -0.0517. The Hall–Kier alpha value is -0.570. The minimum atomic E-state index is 0.124. The van der Waals surface area contributed by atoms with Gasteiger partial charge < -0.3 is 10.1 Å². The zero-order chi connectivity index (χ0) is 12.1.